The van der Waals surface area contributed by atoms with Crippen LogP contribution in [-0.4, -0.2) is 11.1 Å². The van der Waals surface area contributed by atoms with E-state index in [0.29, 0.717) is 6.42 Å². The van der Waals surface area contributed by atoms with Crippen LogP contribution in [0.15, 0.2) is 18.2 Å². The highest BCUT2D eigenvalue weighted by Gasteiger charge is 2.39. The van der Waals surface area contributed by atoms with Crippen LogP contribution < -0.4 is 5.73 Å². The van der Waals surface area contributed by atoms with Crippen molar-refractivity contribution in [2.75, 3.05) is 0 Å². The summed E-state index contributed by atoms with van der Waals surface area (Å²) in [4.78, 5) is 11.2. The maximum atomic E-state index is 11.2. The zero-order valence-electron chi connectivity index (χ0n) is 8.79. The van der Waals surface area contributed by atoms with E-state index in [0.717, 1.165) is 29.5 Å². The summed E-state index contributed by atoms with van der Waals surface area (Å²) in [5.41, 5.74) is 7.86. The molecule has 1 aromatic carbocycles. The number of hydrogen-bond acceptors (Lipinski definition) is 2. The van der Waals surface area contributed by atoms with Gasteiger partial charge in [-0.05, 0) is 42.9 Å². The third-order valence-electron chi connectivity index (χ3n) is 3.27. The smallest absolute Gasteiger partial charge is 0.328 e. The van der Waals surface area contributed by atoms with Gasteiger partial charge in [0, 0.05) is 0 Å². The van der Waals surface area contributed by atoms with Crippen LogP contribution in [0, 0.1) is 6.92 Å². The Labute approximate surface area is 88.9 Å². The van der Waals surface area contributed by atoms with Crippen LogP contribution in [0.5, 0.6) is 0 Å². The van der Waals surface area contributed by atoms with Crippen LogP contribution >= 0.6 is 0 Å². The molecule has 3 N–H and O–H groups in total. The number of aliphatic carboxylic acids is 1. The molecule has 3 nitrogen and oxygen atoms in total. The molecule has 80 valence electrons. The molecule has 0 spiro atoms. The maximum Gasteiger partial charge on any atom is 0.328 e. The first-order chi connectivity index (χ1) is 7.05. The van der Waals surface area contributed by atoms with E-state index in [4.69, 9.17) is 5.73 Å². The molecule has 0 bridgehead atoms. The Hall–Kier alpha value is -1.35. The SMILES string of the molecule is Cc1cccc2c1CCCC2(N)C(=O)O. The molecule has 2 rings (SSSR count). The molecule has 0 heterocycles. The number of rotatable bonds is 1. The van der Waals surface area contributed by atoms with E-state index in [9.17, 15) is 9.90 Å². The maximum absolute atomic E-state index is 11.2. The molecular formula is C12H15NO2. The molecule has 0 saturated carbocycles. The number of fused-ring (bicyclic) bond motifs is 1. The minimum atomic E-state index is -1.18. The average molecular weight is 205 g/mol. The minimum Gasteiger partial charge on any atom is -0.480 e. The Bertz CT molecular complexity index is 414. The van der Waals surface area contributed by atoms with Gasteiger partial charge >= 0.3 is 5.97 Å². The van der Waals surface area contributed by atoms with Gasteiger partial charge in [-0.2, -0.15) is 0 Å². The van der Waals surface area contributed by atoms with Crippen LogP contribution in [-0.2, 0) is 16.8 Å². The first-order valence-corrected chi connectivity index (χ1v) is 5.17. The van der Waals surface area contributed by atoms with E-state index in [2.05, 4.69) is 0 Å². The van der Waals surface area contributed by atoms with Gasteiger partial charge in [-0.25, -0.2) is 4.79 Å². The van der Waals surface area contributed by atoms with Crippen molar-refractivity contribution in [2.45, 2.75) is 31.7 Å². The summed E-state index contributed by atoms with van der Waals surface area (Å²) < 4.78 is 0. The molecule has 1 aliphatic carbocycles. The van der Waals surface area contributed by atoms with E-state index >= 15 is 0 Å². The molecule has 0 aliphatic heterocycles. The Morgan fingerprint density at radius 2 is 2.27 bits per heavy atom. The third-order valence-corrected chi connectivity index (χ3v) is 3.27. The molecule has 0 aromatic heterocycles. The van der Waals surface area contributed by atoms with Crippen molar-refractivity contribution in [3.8, 4) is 0 Å². The number of aryl methyl sites for hydroxylation is 1. The van der Waals surface area contributed by atoms with Crippen LogP contribution in [0.1, 0.15) is 29.5 Å². The summed E-state index contributed by atoms with van der Waals surface area (Å²) in [5, 5.41) is 9.21. The van der Waals surface area contributed by atoms with E-state index in [1.807, 2.05) is 25.1 Å². The lowest BCUT2D eigenvalue weighted by Gasteiger charge is -2.32. The van der Waals surface area contributed by atoms with Crippen molar-refractivity contribution in [1.82, 2.24) is 0 Å². The summed E-state index contributed by atoms with van der Waals surface area (Å²) >= 11 is 0. The molecule has 15 heavy (non-hydrogen) atoms. The average Bonchev–Trinajstić information content (AvgIpc) is 2.20. The third kappa shape index (κ3) is 1.43. The molecule has 0 amide bonds. The van der Waals surface area contributed by atoms with E-state index < -0.39 is 11.5 Å². The first kappa shape index (κ1) is 10.2. The van der Waals surface area contributed by atoms with E-state index in [1.54, 1.807) is 0 Å². The standard InChI is InChI=1S/C12H15NO2/c1-8-4-2-6-10-9(8)5-3-7-12(10,13)11(14)15/h2,4,6H,3,5,7,13H2,1H3,(H,14,15). The van der Waals surface area contributed by atoms with Gasteiger partial charge in [0.1, 0.15) is 5.54 Å². The molecule has 0 radical (unpaired) electrons. The molecule has 1 atom stereocenters. The van der Waals surface area contributed by atoms with Gasteiger partial charge in [0.05, 0.1) is 0 Å². The second-order valence-electron chi connectivity index (χ2n) is 4.23. The Morgan fingerprint density at radius 3 is 2.93 bits per heavy atom. The van der Waals surface area contributed by atoms with Crippen molar-refractivity contribution < 1.29 is 9.90 Å². The summed E-state index contributed by atoms with van der Waals surface area (Å²) in [5.74, 6) is -0.922. The summed E-state index contributed by atoms with van der Waals surface area (Å²) in [6.45, 7) is 2.01. The lowest BCUT2D eigenvalue weighted by atomic mass is 9.76. The molecule has 0 fully saturated rings. The topological polar surface area (TPSA) is 63.3 Å². The molecule has 1 aromatic rings. The fourth-order valence-electron chi connectivity index (χ4n) is 2.35. The summed E-state index contributed by atoms with van der Waals surface area (Å²) in [6.07, 6.45) is 2.31. The Kier molecular flexibility index (Phi) is 2.27. The second kappa shape index (κ2) is 3.35. The Morgan fingerprint density at radius 1 is 1.53 bits per heavy atom. The number of carbonyl (C=O) groups is 1. The molecule has 0 saturated heterocycles. The van der Waals surface area contributed by atoms with Crippen molar-refractivity contribution in [3.05, 3.63) is 34.9 Å². The lowest BCUT2D eigenvalue weighted by Crippen LogP contribution is -2.47. The zero-order valence-corrected chi connectivity index (χ0v) is 8.79. The summed E-state index contributed by atoms with van der Waals surface area (Å²) in [6, 6.07) is 5.73. The molecular weight excluding hydrogens is 190 g/mol. The highest BCUT2D eigenvalue weighted by atomic mass is 16.4. The molecule has 3 heteroatoms. The summed E-state index contributed by atoms with van der Waals surface area (Å²) in [7, 11) is 0. The van der Waals surface area contributed by atoms with Crippen molar-refractivity contribution in [2.24, 2.45) is 5.73 Å². The molecule has 1 unspecified atom stereocenters. The zero-order chi connectivity index (χ0) is 11.1. The quantitative estimate of drug-likeness (QED) is 0.731. The van der Waals surface area contributed by atoms with E-state index in [1.165, 1.54) is 0 Å². The van der Waals surface area contributed by atoms with Gasteiger partial charge < -0.3 is 10.8 Å². The van der Waals surface area contributed by atoms with Crippen LogP contribution in [0.2, 0.25) is 0 Å². The lowest BCUT2D eigenvalue weighted by molar-refractivity contribution is -0.144. The van der Waals surface area contributed by atoms with Crippen LogP contribution in [0.3, 0.4) is 0 Å². The predicted molar refractivity (Wildman–Crippen MR) is 57.6 cm³/mol. The minimum absolute atomic E-state index is 0.527. The Balaban J connectivity index is 2.61. The van der Waals surface area contributed by atoms with Crippen molar-refractivity contribution in [1.29, 1.82) is 0 Å². The van der Waals surface area contributed by atoms with Crippen LogP contribution in [0.4, 0.5) is 0 Å². The number of carboxylic acid groups (broad SMARTS) is 1. The van der Waals surface area contributed by atoms with Gasteiger partial charge in [-0.3, -0.25) is 0 Å². The van der Waals surface area contributed by atoms with E-state index in [-0.39, 0.29) is 0 Å². The normalized spacial score (nSPS) is 24.7. The highest BCUT2D eigenvalue weighted by molar-refractivity contribution is 5.81. The number of benzene rings is 1. The molecule has 1 aliphatic rings. The highest BCUT2D eigenvalue weighted by Crippen LogP contribution is 2.34. The predicted octanol–water partition coefficient (Wildman–Crippen LogP) is 1.57. The van der Waals surface area contributed by atoms with Gasteiger partial charge in [0.25, 0.3) is 0 Å². The van der Waals surface area contributed by atoms with Crippen molar-refractivity contribution >= 4 is 5.97 Å². The largest absolute Gasteiger partial charge is 0.480 e. The van der Waals surface area contributed by atoms with Gasteiger partial charge in [-0.15, -0.1) is 0 Å². The first-order valence-electron chi connectivity index (χ1n) is 5.17. The van der Waals surface area contributed by atoms with Gasteiger partial charge in [0.2, 0.25) is 0 Å². The monoisotopic (exact) mass is 205 g/mol. The van der Waals surface area contributed by atoms with Gasteiger partial charge in [-0.1, -0.05) is 18.2 Å². The van der Waals surface area contributed by atoms with Gasteiger partial charge in [0.15, 0.2) is 0 Å². The number of nitrogens with two attached hydrogens (primary N) is 1. The fraction of sp³-hybridized carbons (Fsp3) is 0.417. The fourth-order valence-corrected chi connectivity index (χ4v) is 2.35. The van der Waals surface area contributed by atoms with Crippen LogP contribution in [0.25, 0.3) is 0 Å². The number of hydrogen-bond donors (Lipinski definition) is 2. The second-order valence-corrected chi connectivity index (χ2v) is 4.23. The van der Waals surface area contributed by atoms with Crippen molar-refractivity contribution in [3.63, 3.8) is 0 Å². The number of carboxylic acids is 1.